The maximum absolute atomic E-state index is 12.2. The van der Waals surface area contributed by atoms with Crippen LogP contribution < -0.4 is 10.6 Å². The van der Waals surface area contributed by atoms with Crippen LogP contribution in [0.3, 0.4) is 0 Å². The molecule has 1 rings (SSSR count). The van der Waals surface area contributed by atoms with E-state index in [1.54, 1.807) is 6.07 Å². The molecule has 2 N–H and O–H groups in total. The summed E-state index contributed by atoms with van der Waals surface area (Å²) < 4.78 is 4.77. The quantitative estimate of drug-likeness (QED) is 0.553. The summed E-state index contributed by atoms with van der Waals surface area (Å²) in [4.78, 5) is 46.5. The Balaban J connectivity index is 2.35. The molecule has 0 saturated heterocycles. The third-order valence-electron chi connectivity index (χ3n) is 3.40. The van der Waals surface area contributed by atoms with Gasteiger partial charge in [-0.25, -0.2) is 4.79 Å². The molecule has 0 heterocycles. The topological polar surface area (TPSA) is 102 Å². The summed E-state index contributed by atoms with van der Waals surface area (Å²) in [5.41, 5.74) is 2.40. The van der Waals surface area contributed by atoms with E-state index >= 15 is 0 Å². The molecular formula is C18H24N2O5. The monoisotopic (exact) mass is 348 g/mol. The Bertz CT molecular complexity index is 655. The number of carbonyl (C=O) groups excluding carboxylic acids is 4. The average molecular weight is 348 g/mol. The highest BCUT2D eigenvalue weighted by molar-refractivity contribution is 5.99. The fourth-order valence-corrected chi connectivity index (χ4v) is 2.05. The third-order valence-corrected chi connectivity index (χ3v) is 3.40. The van der Waals surface area contributed by atoms with Gasteiger partial charge in [0.05, 0.1) is 6.42 Å². The predicted octanol–water partition coefficient (Wildman–Crippen LogP) is 2.05. The van der Waals surface area contributed by atoms with E-state index in [0.29, 0.717) is 12.1 Å². The van der Waals surface area contributed by atoms with Gasteiger partial charge in [0.15, 0.2) is 12.4 Å². The minimum Gasteiger partial charge on any atom is -0.456 e. The zero-order valence-corrected chi connectivity index (χ0v) is 14.8. The van der Waals surface area contributed by atoms with Crippen molar-refractivity contribution in [1.82, 2.24) is 10.6 Å². The summed E-state index contributed by atoms with van der Waals surface area (Å²) in [7, 11) is 0. The molecule has 0 fully saturated rings. The molecular weight excluding hydrogens is 324 g/mol. The van der Waals surface area contributed by atoms with E-state index in [4.69, 9.17) is 4.74 Å². The van der Waals surface area contributed by atoms with Crippen molar-refractivity contribution in [3.05, 3.63) is 34.9 Å². The standard InChI is InChI=1S/C18H24N2O5/c1-4-9-19-18(24)20-16(22)11-25-17(23)8-7-15(21)14-10-12(2)5-6-13(14)3/h5-6,10H,4,7-9,11H2,1-3H3,(H2,19,20,22,24). The number of amides is 3. The van der Waals surface area contributed by atoms with Gasteiger partial charge in [-0.2, -0.15) is 0 Å². The van der Waals surface area contributed by atoms with Crippen molar-refractivity contribution < 1.29 is 23.9 Å². The molecule has 0 radical (unpaired) electrons. The highest BCUT2D eigenvalue weighted by Gasteiger charge is 2.14. The maximum Gasteiger partial charge on any atom is 0.321 e. The predicted molar refractivity (Wildman–Crippen MR) is 92.3 cm³/mol. The van der Waals surface area contributed by atoms with Crippen molar-refractivity contribution in [3.8, 4) is 0 Å². The molecule has 0 aromatic heterocycles. The SMILES string of the molecule is CCCNC(=O)NC(=O)COC(=O)CCC(=O)c1cc(C)ccc1C. The Kier molecular flexibility index (Phi) is 8.32. The zero-order valence-electron chi connectivity index (χ0n) is 14.8. The van der Waals surface area contributed by atoms with Crippen LogP contribution in [0.25, 0.3) is 0 Å². The second kappa shape index (κ2) is 10.2. The average Bonchev–Trinajstić information content (AvgIpc) is 2.58. The van der Waals surface area contributed by atoms with Crippen LogP contribution in [-0.2, 0) is 14.3 Å². The summed E-state index contributed by atoms with van der Waals surface area (Å²) in [6, 6.07) is 4.92. The van der Waals surface area contributed by atoms with Gasteiger partial charge >= 0.3 is 12.0 Å². The number of esters is 1. The van der Waals surface area contributed by atoms with Crippen LogP contribution >= 0.6 is 0 Å². The molecule has 0 aliphatic carbocycles. The number of carbonyl (C=O) groups is 4. The number of hydrogen-bond acceptors (Lipinski definition) is 5. The van der Waals surface area contributed by atoms with Crippen LogP contribution in [0.4, 0.5) is 4.79 Å². The van der Waals surface area contributed by atoms with Gasteiger partial charge in [0.1, 0.15) is 0 Å². The van der Waals surface area contributed by atoms with Crippen LogP contribution in [0.5, 0.6) is 0 Å². The Hall–Kier alpha value is -2.70. The molecule has 7 heteroatoms. The molecule has 0 aliphatic rings. The smallest absolute Gasteiger partial charge is 0.321 e. The van der Waals surface area contributed by atoms with Crippen LogP contribution in [0.2, 0.25) is 0 Å². The Morgan fingerprint density at radius 3 is 2.48 bits per heavy atom. The summed E-state index contributed by atoms with van der Waals surface area (Å²) in [5, 5.41) is 4.50. The normalized spacial score (nSPS) is 10.0. The molecule has 1 aromatic carbocycles. The number of ketones is 1. The largest absolute Gasteiger partial charge is 0.456 e. The second-order valence-corrected chi connectivity index (χ2v) is 5.71. The number of aryl methyl sites for hydroxylation is 2. The van der Waals surface area contributed by atoms with E-state index in [9.17, 15) is 19.2 Å². The second-order valence-electron chi connectivity index (χ2n) is 5.71. The van der Waals surface area contributed by atoms with Gasteiger partial charge in [0, 0.05) is 18.5 Å². The molecule has 1 aromatic rings. The van der Waals surface area contributed by atoms with Gasteiger partial charge in [0.25, 0.3) is 5.91 Å². The van der Waals surface area contributed by atoms with Crippen LogP contribution in [-0.4, -0.2) is 36.8 Å². The number of ether oxygens (including phenoxy) is 1. The highest BCUT2D eigenvalue weighted by atomic mass is 16.5. The first-order valence-corrected chi connectivity index (χ1v) is 8.17. The molecule has 0 atom stereocenters. The highest BCUT2D eigenvalue weighted by Crippen LogP contribution is 2.14. The van der Waals surface area contributed by atoms with Crippen LogP contribution in [0.15, 0.2) is 18.2 Å². The van der Waals surface area contributed by atoms with Crippen molar-refractivity contribution in [2.24, 2.45) is 0 Å². The van der Waals surface area contributed by atoms with Gasteiger partial charge in [-0.05, 0) is 31.9 Å². The lowest BCUT2D eigenvalue weighted by Gasteiger charge is -2.08. The zero-order chi connectivity index (χ0) is 18.8. The van der Waals surface area contributed by atoms with E-state index in [1.807, 2.05) is 38.2 Å². The summed E-state index contributed by atoms with van der Waals surface area (Å²) >= 11 is 0. The molecule has 3 amide bonds. The van der Waals surface area contributed by atoms with Gasteiger partial charge in [0.2, 0.25) is 0 Å². The number of hydrogen-bond donors (Lipinski definition) is 2. The molecule has 0 saturated carbocycles. The first-order valence-electron chi connectivity index (χ1n) is 8.17. The van der Waals surface area contributed by atoms with Crippen molar-refractivity contribution in [3.63, 3.8) is 0 Å². The van der Waals surface area contributed by atoms with Crippen molar-refractivity contribution >= 4 is 23.7 Å². The Morgan fingerprint density at radius 2 is 1.80 bits per heavy atom. The minimum atomic E-state index is -0.720. The van der Waals surface area contributed by atoms with Crippen LogP contribution in [0, 0.1) is 13.8 Å². The lowest BCUT2D eigenvalue weighted by atomic mass is 9.99. The molecule has 0 spiro atoms. The maximum atomic E-state index is 12.2. The van der Waals surface area contributed by atoms with Crippen molar-refractivity contribution in [1.29, 1.82) is 0 Å². The third kappa shape index (κ3) is 7.60. The van der Waals surface area contributed by atoms with E-state index in [-0.39, 0.29) is 18.6 Å². The lowest BCUT2D eigenvalue weighted by molar-refractivity contribution is -0.148. The Labute approximate surface area is 147 Å². The van der Waals surface area contributed by atoms with E-state index in [0.717, 1.165) is 17.5 Å². The van der Waals surface area contributed by atoms with Crippen LogP contribution in [0.1, 0.15) is 47.7 Å². The molecule has 0 unspecified atom stereocenters. The number of nitrogens with one attached hydrogen (secondary N) is 2. The summed E-state index contributed by atoms with van der Waals surface area (Å²) in [6.45, 7) is 5.48. The molecule has 136 valence electrons. The Morgan fingerprint density at radius 1 is 1.08 bits per heavy atom. The van der Waals surface area contributed by atoms with Gasteiger partial charge in [-0.3, -0.25) is 19.7 Å². The first kappa shape index (κ1) is 20.3. The number of Topliss-reactive ketones (excluding diaryl/α,β-unsaturated/α-hetero) is 1. The fraction of sp³-hybridized carbons (Fsp3) is 0.444. The summed E-state index contributed by atoms with van der Waals surface area (Å²) in [6.07, 6.45) is 0.619. The number of imide groups is 1. The van der Waals surface area contributed by atoms with E-state index in [1.165, 1.54) is 0 Å². The minimum absolute atomic E-state index is 0.00172. The molecule has 0 aliphatic heterocycles. The van der Waals surface area contributed by atoms with Crippen molar-refractivity contribution in [2.75, 3.05) is 13.2 Å². The van der Waals surface area contributed by atoms with E-state index < -0.39 is 24.5 Å². The number of benzene rings is 1. The van der Waals surface area contributed by atoms with Gasteiger partial charge in [-0.15, -0.1) is 0 Å². The van der Waals surface area contributed by atoms with Gasteiger partial charge in [-0.1, -0.05) is 24.6 Å². The fourth-order valence-electron chi connectivity index (χ4n) is 2.05. The first-order chi connectivity index (χ1) is 11.8. The number of urea groups is 1. The molecule has 7 nitrogen and oxygen atoms in total. The number of rotatable bonds is 8. The molecule has 25 heavy (non-hydrogen) atoms. The van der Waals surface area contributed by atoms with Crippen molar-refractivity contribution in [2.45, 2.75) is 40.0 Å². The van der Waals surface area contributed by atoms with Gasteiger partial charge < -0.3 is 10.1 Å². The van der Waals surface area contributed by atoms with E-state index in [2.05, 4.69) is 5.32 Å². The molecule has 0 bridgehead atoms. The lowest BCUT2D eigenvalue weighted by Crippen LogP contribution is -2.41. The summed E-state index contributed by atoms with van der Waals surface area (Å²) in [5.74, 6) is -1.54.